The van der Waals surface area contributed by atoms with Gasteiger partial charge in [-0.3, -0.25) is 14.6 Å². The maximum atomic E-state index is 12.7. The van der Waals surface area contributed by atoms with E-state index in [9.17, 15) is 9.59 Å². The summed E-state index contributed by atoms with van der Waals surface area (Å²) in [6, 6.07) is 8.24. The van der Waals surface area contributed by atoms with Crippen molar-refractivity contribution < 1.29 is 4.79 Å². The molecule has 2 aliphatic rings. The second kappa shape index (κ2) is 9.47. The van der Waals surface area contributed by atoms with Crippen molar-refractivity contribution in [2.24, 2.45) is 5.92 Å². The van der Waals surface area contributed by atoms with Crippen molar-refractivity contribution in [1.29, 1.82) is 0 Å². The molecule has 0 unspecified atom stereocenters. The Hall–Kier alpha value is -2.93. The van der Waals surface area contributed by atoms with E-state index < -0.39 is 0 Å². The van der Waals surface area contributed by atoms with E-state index >= 15 is 0 Å². The molecular weight excluding hydrogens is 390 g/mol. The Kier molecular flexibility index (Phi) is 6.51. The average Bonchev–Trinajstić information content (AvgIpc) is 3.54. The van der Waals surface area contributed by atoms with Crippen molar-refractivity contribution in [2.45, 2.75) is 38.8 Å². The van der Waals surface area contributed by atoms with Crippen molar-refractivity contribution in [3.05, 3.63) is 59.2 Å². The highest BCUT2D eigenvalue weighted by Crippen LogP contribution is 2.33. The molecule has 7 nitrogen and oxygen atoms in total. The summed E-state index contributed by atoms with van der Waals surface area (Å²) in [5.74, 6) is 0.661. The number of rotatable bonds is 9. The zero-order chi connectivity index (χ0) is 21.8. The van der Waals surface area contributed by atoms with Crippen molar-refractivity contribution in [2.75, 3.05) is 31.1 Å². The first-order valence-electron chi connectivity index (χ1n) is 11.1. The van der Waals surface area contributed by atoms with Gasteiger partial charge < -0.3 is 20.1 Å². The molecule has 1 aliphatic heterocycles. The maximum absolute atomic E-state index is 12.7. The van der Waals surface area contributed by atoms with Gasteiger partial charge in [-0.2, -0.15) is 0 Å². The molecule has 7 heteroatoms. The number of nitrogens with one attached hydrogen (secondary N) is 2. The number of pyridine rings is 2. The summed E-state index contributed by atoms with van der Waals surface area (Å²) >= 11 is 0. The van der Waals surface area contributed by atoms with Crippen LogP contribution < -0.4 is 15.8 Å². The van der Waals surface area contributed by atoms with Crippen molar-refractivity contribution >= 4 is 11.6 Å². The van der Waals surface area contributed by atoms with Gasteiger partial charge >= 0.3 is 0 Å². The van der Waals surface area contributed by atoms with Crippen molar-refractivity contribution in [3.63, 3.8) is 0 Å². The number of aromatic amines is 1. The van der Waals surface area contributed by atoms with Crippen LogP contribution >= 0.6 is 0 Å². The fraction of sp³-hybridized carbons (Fsp3) is 0.458. The molecule has 164 valence electrons. The number of hydrogen-bond acceptors (Lipinski definition) is 5. The van der Waals surface area contributed by atoms with Crippen LogP contribution in [0, 0.1) is 5.92 Å². The Morgan fingerprint density at radius 3 is 2.84 bits per heavy atom. The van der Waals surface area contributed by atoms with Gasteiger partial charge in [-0.1, -0.05) is 26.0 Å². The first-order chi connectivity index (χ1) is 15.0. The van der Waals surface area contributed by atoms with E-state index in [1.165, 1.54) is 12.8 Å². The summed E-state index contributed by atoms with van der Waals surface area (Å²) in [6.45, 7) is 6.98. The number of hydrogen-bond donors (Lipinski definition) is 2. The van der Waals surface area contributed by atoms with Crippen LogP contribution in [-0.2, 0) is 4.79 Å². The number of anilines is 1. The molecule has 2 aromatic rings. The minimum Gasteiger partial charge on any atom is -0.360 e. The highest BCUT2D eigenvalue weighted by atomic mass is 16.2. The molecule has 31 heavy (non-hydrogen) atoms. The van der Waals surface area contributed by atoms with Gasteiger partial charge in [-0.25, -0.2) is 0 Å². The molecule has 1 saturated carbocycles. The monoisotopic (exact) mass is 421 g/mol. The molecule has 1 aliphatic carbocycles. The van der Waals surface area contributed by atoms with E-state index in [0.717, 1.165) is 17.8 Å². The van der Waals surface area contributed by atoms with Gasteiger partial charge in [0.2, 0.25) is 5.91 Å². The second-order valence-electron chi connectivity index (χ2n) is 8.78. The number of aromatic nitrogens is 2. The fourth-order valence-electron chi connectivity index (χ4n) is 3.79. The first kappa shape index (κ1) is 21.3. The molecule has 0 aromatic carbocycles. The number of carbonyl (C=O) groups is 1. The van der Waals surface area contributed by atoms with E-state index in [1.54, 1.807) is 18.5 Å². The molecule has 1 saturated heterocycles. The number of H-pyrrole nitrogens is 1. The van der Waals surface area contributed by atoms with Gasteiger partial charge in [-0.15, -0.1) is 0 Å². The van der Waals surface area contributed by atoms with Crippen LogP contribution in [0.25, 0.3) is 11.3 Å². The fourth-order valence-corrected chi connectivity index (χ4v) is 3.79. The summed E-state index contributed by atoms with van der Waals surface area (Å²) in [7, 11) is 0. The number of likely N-dealkylation sites (tertiary alicyclic amines) is 1. The van der Waals surface area contributed by atoms with Gasteiger partial charge in [0.1, 0.15) is 5.69 Å². The van der Waals surface area contributed by atoms with Crippen LogP contribution in [0.2, 0.25) is 0 Å². The molecule has 0 atom stereocenters. The highest BCUT2D eigenvalue weighted by Gasteiger charge is 2.37. The lowest BCUT2D eigenvalue weighted by Crippen LogP contribution is -2.62. The zero-order valence-electron chi connectivity index (χ0n) is 18.3. The number of carbonyl (C=O) groups excluding carboxylic acids is 1. The Balaban J connectivity index is 1.46. The predicted molar refractivity (Wildman–Crippen MR) is 123 cm³/mol. The van der Waals surface area contributed by atoms with Crippen LogP contribution in [0.15, 0.2) is 53.6 Å². The van der Waals surface area contributed by atoms with E-state index in [-0.39, 0.29) is 17.5 Å². The molecule has 0 bridgehead atoms. The SMILES string of the molecule is CC(C)NC/C=C/C(=O)N1CC(N(CC2CC2)c2cc(-c3ccccn3)c[nH]c2=O)C1. The van der Waals surface area contributed by atoms with E-state index in [2.05, 4.69) is 34.0 Å². The smallest absolute Gasteiger partial charge is 0.271 e. The topological polar surface area (TPSA) is 81.3 Å². The quantitative estimate of drug-likeness (QED) is 0.608. The Morgan fingerprint density at radius 1 is 1.35 bits per heavy atom. The summed E-state index contributed by atoms with van der Waals surface area (Å²) < 4.78 is 0. The van der Waals surface area contributed by atoms with Crippen LogP contribution in [-0.4, -0.2) is 59.0 Å². The molecule has 3 heterocycles. The van der Waals surface area contributed by atoms with Gasteiger partial charge in [0.15, 0.2) is 0 Å². The molecule has 2 fully saturated rings. The third kappa shape index (κ3) is 5.41. The number of amides is 1. The average molecular weight is 422 g/mol. The standard InChI is InChI=1S/C24H31N5O2/c1-17(2)25-11-5-7-23(30)28-15-20(16-28)29(14-18-8-9-18)22-12-19(13-27-24(22)31)21-6-3-4-10-26-21/h3-7,10,12-13,17-18,20,25H,8-9,11,14-16H2,1-2H3,(H,27,31)/b7-5+. The first-order valence-corrected chi connectivity index (χ1v) is 11.1. The summed E-state index contributed by atoms with van der Waals surface area (Å²) in [5, 5.41) is 3.27. The lowest BCUT2D eigenvalue weighted by molar-refractivity contribution is -0.130. The van der Waals surface area contributed by atoms with Crippen LogP contribution in [0.3, 0.4) is 0 Å². The highest BCUT2D eigenvalue weighted by molar-refractivity contribution is 5.88. The van der Waals surface area contributed by atoms with Crippen molar-refractivity contribution in [1.82, 2.24) is 20.2 Å². The minimum atomic E-state index is -0.0928. The molecular formula is C24H31N5O2. The third-order valence-electron chi connectivity index (χ3n) is 5.82. The molecule has 0 radical (unpaired) electrons. The minimum absolute atomic E-state index is 0.0318. The van der Waals surface area contributed by atoms with Crippen LogP contribution in [0.5, 0.6) is 0 Å². The largest absolute Gasteiger partial charge is 0.360 e. The predicted octanol–water partition coefficient (Wildman–Crippen LogP) is 2.42. The Labute approximate surface area is 183 Å². The molecule has 2 N–H and O–H groups in total. The van der Waals surface area contributed by atoms with Gasteiger partial charge in [0, 0.05) is 56.3 Å². The lowest BCUT2D eigenvalue weighted by Gasteiger charge is -2.46. The summed E-state index contributed by atoms with van der Waals surface area (Å²) in [5.41, 5.74) is 2.30. The van der Waals surface area contributed by atoms with Crippen molar-refractivity contribution in [3.8, 4) is 11.3 Å². The Morgan fingerprint density at radius 2 is 2.16 bits per heavy atom. The summed E-state index contributed by atoms with van der Waals surface area (Å²) in [6.07, 6.45) is 9.40. The maximum Gasteiger partial charge on any atom is 0.271 e. The van der Waals surface area contributed by atoms with E-state index in [1.807, 2.05) is 35.2 Å². The van der Waals surface area contributed by atoms with Gasteiger partial charge in [-0.05, 0) is 37.0 Å². The normalized spacial score (nSPS) is 16.7. The van der Waals surface area contributed by atoms with E-state index in [0.29, 0.717) is 37.3 Å². The van der Waals surface area contributed by atoms with Gasteiger partial charge in [0.05, 0.1) is 11.7 Å². The Bertz CT molecular complexity index is 975. The lowest BCUT2D eigenvalue weighted by atomic mass is 10.0. The van der Waals surface area contributed by atoms with Crippen LogP contribution in [0.4, 0.5) is 5.69 Å². The van der Waals surface area contributed by atoms with E-state index in [4.69, 9.17) is 0 Å². The molecule has 0 spiro atoms. The third-order valence-corrected chi connectivity index (χ3v) is 5.82. The van der Waals surface area contributed by atoms with Gasteiger partial charge in [0.25, 0.3) is 5.56 Å². The zero-order valence-corrected chi connectivity index (χ0v) is 18.3. The summed E-state index contributed by atoms with van der Waals surface area (Å²) in [4.78, 5) is 36.5. The molecule has 4 rings (SSSR count). The molecule has 1 amide bonds. The number of nitrogens with zero attached hydrogens (tertiary/aromatic N) is 3. The second-order valence-corrected chi connectivity index (χ2v) is 8.78. The van der Waals surface area contributed by atoms with Crippen LogP contribution in [0.1, 0.15) is 26.7 Å². The molecule has 2 aromatic heterocycles.